The van der Waals surface area contributed by atoms with Crippen molar-refractivity contribution in [3.63, 3.8) is 0 Å². The Morgan fingerprint density at radius 2 is 1.96 bits per heavy atom. The van der Waals surface area contributed by atoms with Gasteiger partial charge in [0.2, 0.25) is 0 Å². The molecule has 8 heteroatoms. The SMILES string of the molecule is CC1Sc2ncc(C(=O)NCc3c(F)cc(F)cc3F)cc2CC1=O. The normalized spacial score (nSPS) is 16.5. The number of hydrogen-bond acceptors (Lipinski definition) is 4. The van der Waals surface area contributed by atoms with Crippen molar-refractivity contribution in [1.29, 1.82) is 0 Å². The van der Waals surface area contributed by atoms with Crippen molar-refractivity contribution >= 4 is 23.5 Å². The Kier molecular flexibility index (Phi) is 4.80. The van der Waals surface area contributed by atoms with Gasteiger partial charge in [-0.15, -0.1) is 0 Å². The van der Waals surface area contributed by atoms with Gasteiger partial charge in [-0.25, -0.2) is 18.2 Å². The molecule has 2 aromatic rings. The van der Waals surface area contributed by atoms with E-state index in [2.05, 4.69) is 10.3 Å². The van der Waals surface area contributed by atoms with Crippen LogP contribution < -0.4 is 5.32 Å². The van der Waals surface area contributed by atoms with Gasteiger partial charge in [0.05, 0.1) is 10.8 Å². The molecule has 130 valence electrons. The summed E-state index contributed by atoms with van der Waals surface area (Å²) in [5, 5.41) is 2.89. The van der Waals surface area contributed by atoms with Crippen molar-refractivity contribution < 1.29 is 22.8 Å². The number of nitrogens with one attached hydrogen (secondary N) is 1. The Hall–Kier alpha value is -2.35. The van der Waals surface area contributed by atoms with E-state index in [-0.39, 0.29) is 23.0 Å². The van der Waals surface area contributed by atoms with Crippen LogP contribution in [0.2, 0.25) is 0 Å². The van der Waals surface area contributed by atoms with Gasteiger partial charge >= 0.3 is 0 Å². The predicted molar refractivity (Wildman–Crippen MR) is 85.8 cm³/mol. The fourth-order valence-electron chi connectivity index (χ4n) is 2.43. The number of halogens is 3. The Morgan fingerprint density at radius 3 is 2.64 bits per heavy atom. The molecule has 0 spiro atoms. The molecule has 1 aromatic carbocycles. The van der Waals surface area contributed by atoms with Crippen molar-refractivity contribution in [3.05, 3.63) is 58.5 Å². The highest BCUT2D eigenvalue weighted by Gasteiger charge is 2.25. The molecule has 25 heavy (non-hydrogen) atoms. The molecular formula is C17H13F3N2O2S. The number of benzene rings is 1. The van der Waals surface area contributed by atoms with Crippen molar-refractivity contribution in [2.45, 2.75) is 30.2 Å². The highest BCUT2D eigenvalue weighted by Crippen LogP contribution is 2.31. The number of fused-ring (bicyclic) bond motifs is 1. The first kappa shape index (κ1) is 17.5. The van der Waals surface area contributed by atoms with Gasteiger partial charge in [-0.1, -0.05) is 11.8 Å². The number of carbonyl (C=O) groups is 2. The molecule has 1 N–H and O–H groups in total. The first-order chi connectivity index (χ1) is 11.8. The van der Waals surface area contributed by atoms with Crippen molar-refractivity contribution in [2.24, 2.45) is 0 Å². The Bertz CT molecular complexity index is 850. The number of carbonyl (C=O) groups excluding carboxylic acids is 2. The van der Waals surface area contributed by atoms with Gasteiger partial charge in [0.15, 0.2) is 0 Å². The topological polar surface area (TPSA) is 59.1 Å². The lowest BCUT2D eigenvalue weighted by molar-refractivity contribution is -0.117. The molecule has 2 heterocycles. The second-order valence-electron chi connectivity index (χ2n) is 5.62. The maximum atomic E-state index is 13.6. The number of ketones is 1. The average molecular weight is 366 g/mol. The maximum Gasteiger partial charge on any atom is 0.253 e. The van der Waals surface area contributed by atoms with Gasteiger partial charge in [0, 0.05) is 36.9 Å². The summed E-state index contributed by atoms with van der Waals surface area (Å²) in [6.07, 6.45) is 1.54. The number of pyridine rings is 1. The minimum Gasteiger partial charge on any atom is -0.348 e. The number of hydrogen-bond donors (Lipinski definition) is 1. The van der Waals surface area contributed by atoms with Crippen LogP contribution in [0.15, 0.2) is 29.4 Å². The average Bonchev–Trinajstić information content (AvgIpc) is 2.54. The Labute approximate surface area is 145 Å². The van der Waals surface area contributed by atoms with Crippen LogP contribution in [-0.2, 0) is 17.8 Å². The lowest BCUT2D eigenvalue weighted by Crippen LogP contribution is -2.26. The second kappa shape index (κ2) is 6.87. The largest absolute Gasteiger partial charge is 0.348 e. The standard InChI is InChI=1S/C17H13F3N2O2S/c1-8-15(23)3-9-2-10(6-22-17(9)25-8)16(24)21-7-12-13(19)4-11(18)5-14(12)20/h2,4-6,8H,3,7H2,1H3,(H,21,24). The van der Waals surface area contributed by atoms with Gasteiger partial charge < -0.3 is 5.32 Å². The summed E-state index contributed by atoms with van der Waals surface area (Å²) in [5.41, 5.74) is 0.407. The number of thioether (sulfide) groups is 1. The van der Waals surface area contributed by atoms with Crippen LogP contribution in [0.25, 0.3) is 0 Å². The molecule has 1 amide bonds. The van der Waals surface area contributed by atoms with E-state index in [1.807, 2.05) is 0 Å². The van der Waals surface area contributed by atoms with Crippen LogP contribution in [0.3, 0.4) is 0 Å². The summed E-state index contributed by atoms with van der Waals surface area (Å²) in [6, 6.07) is 2.65. The summed E-state index contributed by atoms with van der Waals surface area (Å²) in [7, 11) is 0. The summed E-state index contributed by atoms with van der Waals surface area (Å²) in [6.45, 7) is 1.36. The first-order valence-electron chi connectivity index (χ1n) is 7.45. The fraction of sp³-hybridized carbons (Fsp3) is 0.235. The van der Waals surface area contributed by atoms with Gasteiger partial charge in [-0.05, 0) is 18.6 Å². The van der Waals surface area contributed by atoms with Crippen molar-refractivity contribution in [1.82, 2.24) is 10.3 Å². The molecule has 1 unspecified atom stereocenters. The third-order valence-corrected chi connectivity index (χ3v) is 5.03. The smallest absolute Gasteiger partial charge is 0.253 e. The van der Waals surface area contributed by atoms with Gasteiger partial charge in [0.25, 0.3) is 5.91 Å². The zero-order valence-corrected chi connectivity index (χ0v) is 13.9. The number of amides is 1. The lowest BCUT2D eigenvalue weighted by atomic mass is 10.1. The molecule has 3 rings (SSSR count). The van der Waals surface area contributed by atoms with Crippen LogP contribution in [0.4, 0.5) is 13.2 Å². The van der Waals surface area contributed by atoms with E-state index in [1.54, 1.807) is 13.0 Å². The first-order valence-corrected chi connectivity index (χ1v) is 8.33. The highest BCUT2D eigenvalue weighted by atomic mass is 32.2. The van der Waals surface area contributed by atoms with Gasteiger partial charge in [-0.3, -0.25) is 9.59 Å². The van der Waals surface area contributed by atoms with Crippen LogP contribution in [0.5, 0.6) is 0 Å². The number of rotatable bonds is 3. The quantitative estimate of drug-likeness (QED) is 0.907. The number of nitrogens with zero attached hydrogens (tertiary/aromatic N) is 1. The summed E-state index contributed by atoms with van der Waals surface area (Å²) >= 11 is 1.33. The molecule has 1 aromatic heterocycles. The zero-order chi connectivity index (χ0) is 18.1. The van der Waals surface area contributed by atoms with Crippen LogP contribution >= 0.6 is 11.8 Å². The molecule has 1 aliphatic heterocycles. The molecule has 0 radical (unpaired) electrons. The van der Waals surface area contributed by atoms with Gasteiger partial charge in [0.1, 0.15) is 28.3 Å². The molecule has 0 saturated carbocycles. The number of aromatic nitrogens is 1. The van der Waals surface area contributed by atoms with Crippen molar-refractivity contribution in [2.75, 3.05) is 0 Å². The minimum atomic E-state index is -1.07. The second-order valence-corrected chi connectivity index (χ2v) is 6.95. The zero-order valence-electron chi connectivity index (χ0n) is 13.1. The monoisotopic (exact) mass is 366 g/mol. The van der Waals surface area contributed by atoms with E-state index in [1.165, 1.54) is 18.0 Å². The summed E-state index contributed by atoms with van der Waals surface area (Å²) in [5.74, 6) is -3.71. The van der Waals surface area contributed by atoms with Crippen LogP contribution in [-0.4, -0.2) is 21.9 Å². The van der Waals surface area contributed by atoms with E-state index in [9.17, 15) is 22.8 Å². The predicted octanol–water partition coefficient (Wildman–Crippen LogP) is 3.03. The van der Waals surface area contributed by atoms with Crippen molar-refractivity contribution in [3.8, 4) is 0 Å². The van der Waals surface area contributed by atoms with Crippen LogP contribution in [0, 0.1) is 17.5 Å². The molecule has 1 atom stereocenters. The molecule has 0 fully saturated rings. The van der Waals surface area contributed by atoms with E-state index in [0.717, 1.165) is 0 Å². The molecule has 0 bridgehead atoms. The molecule has 0 saturated heterocycles. The molecule has 4 nitrogen and oxygen atoms in total. The van der Waals surface area contributed by atoms with E-state index in [0.29, 0.717) is 22.7 Å². The van der Waals surface area contributed by atoms with E-state index < -0.39 is 35.5 Å². The molecule has 0 aliphatic carbocycles. The maximum absolute atomic E-state index is 13.6. The van der Waals surface area contributed by atoms with E-state index in [4.69, 9.17) is 0 Å². The third kappa shape index (κ3) is 3.68. The summed E-state index contributed by atoms with van der Waals surface area (Å²) in [4.78, 5) is 28.1. The highest BCUT2D eigenvalue weighted by molar-refractivity contribution is 8.00. The van der Waals surface area contributed by atoms with E-state index >= 15 is 0 Å². The minimum absolute atomic E-state index is 0.0484. The lowest BCUT2D eigenvalue weighted by Gasteiger charge is -2.19. The third-order valence-electron chi connectivity index (χ3n) is 3.83. The number of Topliss-reactive ketones (excluding diaryl/α,β-unsaturated/α-hetero) is 1. The fourth-order valence-corrected chi connectivity index (χ4v) is 3.38. The Balaban J connectivity index is 1.75. The Morgan fingerprint density at radius 1 is 1.28 bits per heavy atom. The summed E-state index contributed by atoms with van der Waals surface area (Å²) < 4.78 is 40.1. The molecule has 1 aliphatic rings. The van der Waals surface area contributed by atoms with Gasteiger partial charge in [-0.2, -0.15) is 0 Å². The van der Waals surface area contributed by atoms with Crippen LogP contribution in [0.1, 0.15) is 28.4 Å². The molecular weight excluding hydrogens is 353 g/mol.